The SMILES string of the molecule is C/C=C1/NC(=O)[C@H](CCN)NC(=O)[C@H](CC(C)C)NC(=O)[C@H](CN)NC(=O)C[C@@H](CCCCCCC)OC(=O)[C@H](CC(=O)O)NC(=O)[C@H](C(C)(C)O)NC(=O)[C@@H](Cc2ccccc2)NC(=O)[C@H](CN)NC(=O)[C@H]([C@@H](C)O)NC1=O. The van der Waals surface area contributed by atoms with E-state index in [1.807, 2.05) is 6.92 Å². The van der Waals surface area contributed by atoms with E-state index in [4.69, 9.17) is 21.9 Å². The van der Waals surface area contributed by atoms with Crippen LogP contribution in [0.3, 0.4) is 0 Å². The minimum Gasteiger partial charge on any atom is -0.481 e. The Hall–Kier alpha value is -7.07. The van der Waals surface area contributed by atoms with Crippen molar-refractivity contribution in [2.45, 2.75) is 185 Å². The number of ether oxygens (including phenoxy) is 1. The molecule has 79 heavy (non-hydrogen) atoms. The standard InChI is InChI=1S/C52H84N12O15/c1-8-10-11-12-16-19-31-24-39(66)56-37(26-54)47(73)59-34(22-28(3)4)45(71)58-33(20-21-53)44(70)57-32(9-2)43(69)63-41(29(5)65)49(75)62-38(27-55)48(74)60-35(23-30-17-14-13-15-18-30)46(72)64-42(52(6,7)78)50(76)61-36(25-40(67)68)51(77)79-31/h9,13-15,17-18,28-29,31,33-38,41-42,65,78H,8,10-12,16,19-27,53-55H2,1-7H3,(H,56,66)(H,57,70)(H,58,71)(H,59,73)(H,60,74)(H,61,76)(H,62,75)(H,63,69)(H,64,72)(H,67,68)/b32-9+/t29-,31-,33+,34+,35-,36+,37+,38+,41+,42-/m1/s1. The van der Waals surface area contributed by atoms with Crippen LogP contribution < -0.4 is 65.1 Å². The largest absolute Gasteiger partial charge is 0.481 e. The van der Waals surface area contributed by atoms with Gasteiger partial charge in [0.1, 0.15) is 60.1 Å². The van der Waals surface area contributed by atoms with Gasteiger partial charge in [0, 0.05) is 19.5 Å². The van der Waals surface area contributed by atoms with Crippen LogP contribution >= 0.6 is 0 Å². The molecule has 442 valence electrons. The zero-order chi connectivity index (χ0) is 59.6. The Kier molecular flexibility index (Phi) is 29.3. The van der Waals surface area contributed by atoms with Gasteiger partial charge < -0.3 is 85.1 Å². The number of nitrogens with one attached hydrogen (secondary N) is 9. The molecule has 2 rings (SSSR count). The number of allylic oxidation sites excluding steroid dienone is 1. The van der Waals surface area contributed by atoms with Crippen LogP contribution in [0.15, 0.2) is 42.1 Å². The molecule has 1 heterocycles. The number of aliphatic hydroxyl groups is 2. The van der Waals surface area contributed by atoms with Crippen LogP contribution in [0.5, 0.6) is 0 Å². The Morgan fingerprint density at radius 2 is 1.23 bits per heavy atom. The van der Waals surface area contributed by atoms with Gasteiger partial charge in [-0.15, -0.1) is 0 Å². The fraction of sp³-hybridized carbons (Fsp3) is 0.635. The second-order valence-corrected chi connectivity index (χ2v) is 20.3. The summed E-state index contributed by atoms with van der Waals surface area (Å²) >= 11 is 0. The summed E-state index contributed by atoms with van der Waals surface area (Å²) in [7, 11) is 0. The highest BCUT2D eigenvalue weighted by molar-refractivity contribution is 6.02. The molecule has 27 nitrogen and oxygen atoms in total. The Bertz CT molecular complexity index is 2280. The third-order valence-corrected chi connectivity index (χ3v) is 12.5. The molecule has 10 atom stereocenters. The van der Waals surface area contributed by atoms with Crippen molar-refractivity contribution in [3.05, 3.63) is 47.7 Å². The lowest BCUT2D eigenvalue weighted by molar-refractivity contribution is -0.158. The lowest BCUT2D eigenvalue weighted by atomic mass is 9.96. The first-order chi connectivity index (χ1) is 37.2. The molecule has 1 fully saturated rings. The van der Waals surface area contributed by atoms with Crippen LogP contribution in [-0.4, -0.2) is 166 Å². The average molecular weight is 1120 g/mol. The van der Waals surface area contributed by atoms with Gasteiger partial charge in [-0.3, -0.25) is 47.9 Å². The molecule has 0 unspecified atom stereocenters. The van der Waals surface area contributed by atoms with E-state index in [1.54, 1.807) is 44.2 Å². The van der Waals surface area contributed by atoms with Gasteiger partial charge in [-0.1, -0.05) is 82.9 Å². The summed E-state index contributed by atoms with van der Waals surface area (Å²) in [5.74, 6) is -12.4. The van der Waals surface area contributed by atoms with Crippen LogP contribution in [0.2, 0.25) is 0 Å². The van der Waals surface area contributed by atoms with Gasteiger partial charge in [0.2, 0.25) is 47.3 Å². The number of aliphatic hydroxyl groups excluding tert-OH is 1. The molecule has 18 N–H and O–H groups in total. The van der Waals surface area contributed by atoms with Crippen molar-refractivity contribution in [3.63, 3.8) is 0 Å². The summed E-state index contributed by atoms with van der Waals surface area (Å²) in [6, 6.07) is -5.06. The van der Waals surface area contributed by atoms with E-state index in [1.165, 1.54) is 6.92 Å². The first kappa shape index (κ1) is 68.0. The summed E-state index contributed by atoms with van der Waals surface area (Å²) in [6.07, 6.45) is -0.121. The highest BCUT2D eigenvalue weighted by Gasteiger charge is 2.41. The van der Waals surface area contributed by atoms with E-state index in [9.17, 15) is 68.1 Å². The topological polar surface area (TPSA) is 444 Å². The number of hydrogen-bond acceptors (Lipinski definition) is 17. The van der Waals surface area contributed by atoms with E-state index in [0.717, 1.165) is 46.1 Å². The van der Waals surface area contributed by atoms with Crippen LogP contribution in [0, 0.1) is 5.92 Å². The maximum atomic E-state index is 14.3. The van der Waals surface area contributed by atoms with Crippen molar-refractivity contribution in [1.82, 2.24) is 47.9 Å². The molecule has 1 aromatic rings. The lowest BCUT2D eigenvalue weighted by Crippen LogP contribution is -2.64. The van der Waals surface area contributed by atoms with E-state index in [2.05, 4.69) is 47.9 Å². The molecule has 0 bridgehead atoms. The number of carbonyl (C=O) groups excluding carboxylic acids is 10. The van der Waals surface area contributed by atoms with Crippen LogP contribution in [0.1, 0.15) is 118 Å². The third-order valence-electron chi connectivity index (χ3n) is 12.5. The smallest absolute Gasteiger partial charge is 0.329 e. The maximum Gasteiger partial charge on any atom is 0.329 e. The van der Waals surface area contributed by atoms with Gasteiger partial charge in [-0.25, -0.2) is 4.79 Å². The number of amides is 9. The molecule has 0 saturated carbocycles. The summed E-state index contributed by atoms with van der Waals surface area (Å²) < 4.78 is 5.73. The fourth-order valence-electron chi connectivity index (χ4n) is 8.16. The number of cyclic esters (lactones) is 1. The normalized spacial score (nSPS) is 25.6. The van der Waals surface area contributed by atoms with Gasteiger partial charge >= 0.3 is 11.9 Å². The Morgan fingerprint density at radius 3 is 1.77 bits per heavy atom. The van der Waals surface area contributed by atoms with Crippen molar-refractivity contribution in [2.75, 3.05) is 19.6 Å². The van der Waals surface area contributed by atoms with Gasteiger partial charge in [0.05, 0.1) is 24.5 Å². The molecular formula is C52H84N12O15. The van der Waals surface area contributed by atoms with Crippen LogP contribution in [-0.2, 0) is 63.9 Å². The predicted molar refractivity (Wildman–Crippen MR) is 287 cm³/mol. The van der Waals surface area contributed by atoms with Gasteiger partial charge in [0.25, 0.3) is 5.91 Å². The zero-order valence-electron chi connectivity index (χ0n) is 46.2. The summed E-state index contributed by atoms with van der Waals surface area (Å²) in [4.78, 5) is 151. The first-order valence-electron chi connectivity index (χ1n) is 26.6. The van der Waals surface area contributed by atoms with Crippen molar-refractivity contribution >= 4 is 65.1 Å². The highest BCUT2D eigenvalue weighted by atomic mass is 16.5. The molecule has 1 aliphatic rings. The molecule has 27 heteroatoms. The summed E-state index contributed by atoms with van der Waals surface area (Å²) in [6.45, 7) is 9.01. The van der Waals surface area contributed by atoms with Gasteiger partial charge in [0.15, 0.2) is 0 Å². The first-order valence-corrected chi connectivity index (χ1v) is 26.6. The average Bonchev–Trinajstić information content (AvgIpc) is 3.37. The maximum absolute atomic E-state index is 14.3. The van der Waals surface area contributed by atoms with E-state index in [-0.39, 0.29) is 38.1 Å². The number of benzene rings is 1. The molecule has 0 aliphatic carbocycles. The van der Waals surface area contributed by atoms with Crippen molar-refractivity contribution in [3.8, 4) is 0 Å². The van der Waals surface area contributed by atoms with E-state index < -0.39 is 163 Å². The predicted octanol–water partition coefficient (Wildman–Crippen LogP) is -3.26. The van der Waals surface area contributed by atoms with E-state index >= 15 is 0 Å². The number of unbranched alkanes of at least 4 members (excludes halogenated alkanes) is 4. The number of carboxylic acid groups (broad SMARTS) is 1. The number of carboxylic acids is 1. The van der Waals surface area contributed by atoms with E-state index in [0.29, 0.717) is 18.4 Å². The number of hydrogen-bond donors (Lipinski definition) is 15. The second-order valence-electron chi connectivity index (χ2n) is 20.3. The van der Waals surface area contributed by atoms with Crippen LogP contribution in [0.4, 0.5) is 0 Å². The van der Waals surface area contributed by atoms with Gasteiger partial charge in [-0.05, 0) is 71.4 Å². The minimum atomic E-state index is -2.16. The summed E-state index contributed by atoms with van der Waals surface area (Å²) in [5.41, 5.74) is 15.6. The number of aliphatic carboxylic acids is 1. The lowest BCUT2D eigenvalue weighted by Gasteiger charge is -2.32. The number of nitrogens with two attached hydrogens (primary N) is 3. The van der Waals surface area contributed by atoms with Crippen molar-refractivity contribution < 1.29 is 72.8 Å². The molecule has 9 amide bonds. The summed E-state index contributed by atoms with van der Waals surface area (Å²) in [5, 5.41) is 53.6. The Labute approximate surface area is 460 Å². The van der Waals surface area contributed by atoms with Gasteiger partial charge in [-0.2, -0.15) is 0 Å². The quantitative estimate of drug-likeness (QED) is 0.0390. The zero-order valence-corrected chi connectivity index (χ0v) is 46.2. The molecule has 0 radical (unpaired) electrons. The number of rotatable bonds is 18. The Morgan fingerprint density at radius 1 is 0.684 bits per heavy atom. The molecular weight excluding hydrogens is 1030 g/mol. The monoisotopic (exact) mass is 1120 g/mol. The van der Waals surface area contributed by atoms with Crippen molar-refractivity contribution in [1.29, 1.82) is 0 Å². The fourth-order valence-corrected chi connectivity index (χ4v) is 8.16. The minimum absolute atomic E-state index is 0.0130. The van der Waals surface area contributed by atoms with Crippen LogP contribution in [0.25, 0.3) is 0 Å². The molecule has 1 saturated heterocycles. The molecule has 0 spiro atoms. The molecule has 1 aromatic carbocycles. The number of esters is 1. The molecule has 1 aliphatic heterocycles. The third kappa shape index (κ3) is 23.8. The van der Waals surface area contributed by atoms with Crippen molar-refractivity contribution in [2.24, 2.45) is 23.1 Å². The second kappa shape index (κ2) is 34.0. The molecule has 0 aromatic heterocycles. The highest BCUT2D eigenvalue weighted by Crippen LogP contribution is 2.17. The Balaban J connectivity index is 2.80. The number of carbonyl (C=O) groups is 11.